The number of hydrogen-bond acceptors (Lipinski definition) is 11. The van der Waals surface area contributed by atoms with Crippen LogP contribution in [0.3, 0.4) is 0 Å². The molecule has 0 fully saturated rings. The molecule has 0 bridgehead atoms. The summed E-state index contributed by atoms with van der Waals surface area (Å²) >= 11 is 0. The number of ether oxygens (including phenoxy) is 3. The standard InChI is InChI=1S/C40H52N4O11/c1-6-9-11-16-29(32(7-2)44(26-45)54-24-27-14-12-10-13-15-27)37(47)41-25-42-39(49)34-21-20-33(55-34)28-17-18-30(35(23-28)53-8-3)38(48)43-31(40(50)52-5)19-22-36(46)51-4/h10,12-15,17-18,20-21,23,26,29,31-32H,6-9,11,16,19,22,24-25H2,1-5H3,(H,41,47)(H,42,49)(H,43,48)/t29-,31+,32-/m1/s1. The van der Waals surface area contributed by atoms with E-state index in [-0.39, 0.29) is 55.7 Å². The molecular weight excluding hydrogens is 712 g/mol. The maximum Gasteiger partial charge on any atom is 0.328 e. The number of furan rings is 1. The fourth-order valence-electron chi connectivity index (χ4n) is 5.86. The van der Waals surface area contributed by atoms with Crippen molar-refractivity contribution in [2.24, 2.45) is 5.92 Å². The van der Waals surface area contributed by atoms with Crippen molar-refractivity contribution in [2.75, 3.05) is 27.5 Å². The first-order valence-corrected chi connectivity index (χ1v) is 18.4. The molecule has 15 heteroatoms. The highest BCUT2D eigenvalue weighted by molar-refractivity contribution is 6.00. The molecule has 0 radical (unpaired) electrons. The molecule has 0 unspecified atom stereocenters. The van der Waals surface area contributed by atoms with Crippen LogP contribution in [0.15, 0.2) is 65.1 Å². The Balaban J connectivity index is 1.67. The molecule has 0 aliphatic rings. The maximum atomic E-state index is 13.5. The first-order valence-electron chi connectivity index (χ1n) is 18.4. The third-order valence-corrected chi connectivity index (χ3v) is 8.80. The number of carbonyl (C=O) groups is 6. The maximum absolute atomic E-state index is 13.5. The van der Waals surface area contributed by atoms with Crippen LogP contribution in [-0.2, 0) is 40.1 Å². The number of benzene rings is 2. The molecule has 4 amide bonds. The molecule has 15 nitrogen and oxygen atoms in total. The second kappa shape index (κ2) is 23.2. The zero-order chi connectivity index (χ0) is 40.2. The van der Waals surface area contributed by atoms with Crippen molar-refractivity contribution < 1.29 is 52.2 Å². The summed E-state index contributed by atoms with van der Waals surface area (Å²) in [6, 6.07) is 15.5. The predicted octanol–water partition coefficient (Wildman–Crippen LogP) is 4.94. The molecule has 0 saturated heterocycles. The van der Waals surface area contributed by atoms with E-state index >= 15 is 0 Å². The summed E-state index contributed by atoms with van der Waals surface area (Å²) in [5, 5.41) is 9.23. The monoisotopic (exact) mass is 764 g/mol. The third-order valence-electron chi connectivity index (χ3n) is 8.80. The molecule has 0 aliphatic heterocycles. The smallest absolute Gasteiger partial charge is 0.328 e. The van der Waals surface area contributed by atoms with Crippen LogP contribution < -0.4 is 20.7 Å². The lowest BCUT2D eigenvalue weighted by atomic mass is 9.90. The fourth-order valence-corrected chi connectivity index (χ4v) is 5.86. The third kappa shape index (κ3) is 13.3. The number of carbonyl (C=O) groups excluding carboxylic acids is 6. The summed E-state index contributed by atoms with van der Waals surface area (Å²) in [5.74, 6) is -2.92. The van der Waals surface area contributed by atoms with E-state index in [2.05, 4.69) is 27.6 Å². The van der Waals surface area contributed by atoms with E-state index in [0.29, 0.717) is 30.6 Å². The number of unbranched alkanes of at least 4 members (excludes halogenated alkanes) is 2. The van der Waals surface area contributed by atoms with Crippen LogP contribution in [-0.4, -0.2) is 80.7 Å². The van der Waals surface area contributed by atoms with E-state index in [1.165, 1.54) is 31.4 Å². The van der Waals surface area contributed by atoms with E-state index < -0.39 is 41.8 Å². The van der Waals surface area contributed by atoms with E-state index in [1.54, 1.807) is 25.1 Å². The van der Waals surface area contributed by atoms with Crippen molar-refractivity contribution in [2.45, 2.75) is 84.4 Å². The molecule has 3 rings (SSSR count). The van der Waals surface area contributed by atoms with Gasteiger partial charge in [-0.1, -0.05) is 69.5 Å². The van der Waals surface area contributed by atoms with Gasteiger partial charge in [0.05, 0.1) is 45.0 Å². The molecule has 55 heavy (non-hydrogen) atoms. The Bertz CT molecular complexity index is 1710. The van der Waals surface area contributed by atoms with Crippen molar-refractivity contribution in [3.05, 3.63) is 77.6 Å². The van der Waals surface area contributed by atoms with Gasteiger partial charge in [0.1, 0.15) is 24.2 Å². The Labute approximate surface area is 321 Å². The van der Waals surface area contributed by atoms with Gasteiger partial charge in [0.2, 0.25) is 12.3 Å². The van der Waals surface area contributed by atoms with Crippen LogP contribution in [0.2, 0.25) is 0 Å². The molecule has 3 N–H and O–H groups in total. The Morgan fingerprint density at radius 1 is 0.873 bits per heavy atom. The van der Waals surface area contributed by atoms with E-state index in [0.717, 1.165) is 24.8 Å². The van der Waals surface area contributed by atoms with Gasteiger partial charge in [-0.3, -0.25) is 28.8 Å². The van der Waals surface area contributed by atoms with Gasteiger partial charge in [0, 0.05) is 12.0 Å². The van der Waals surface area contributed by atoms with Gasteiger partial charge < -0.3 is 34.6 Å². The SMILES string of the molecule is CCCCC[C@@H](C(=O)NCNC(=O)c1ccc(-c2ccc(C(=O)N[C@@H](CCC(=O)OC)C(=O)OC)c(OCC)c2)o1)[C@@H](CC)N(C=O)OCc1ccccc1. The van der Waals surface area contributed by atoms with Crippen molar-refractivity contribution in [3.63, 3.8) is 0 Å². The van der Waals surface area contributed by atoms with Gasteiger partial charge in [-0.05, 0) is 56.0 Å². The topological polar surface area (TPSA) is 192 Å². The zero-order valence-corrected chi connectivity index (χ0v) is 32.1. The summed E-state index contributed by atoms with van der Waals surface area (Å²) in [6.07, 6.45) is 4.11. The minimum Gasteiger partial charge on any atom is -0.493 e. The number of hydrogen-bond donors (Lipinski definition) is 3. The Kier molecular flexibility index (Phi) is 18.4. The number of esters is 2. The van der Waals surface area contributed by atoms with Crippen LogP contribution in [0.4, 0.5) is 0 Å². The van der Waals surface area contributed by atoms with Crippen LogP contribution in [0, 0.1) is 5.92 Å². The van der Waals surface area contributed by atoms with Crippen LogP contribution in [0.5, 0.6) is 5.75 Å². The number of methoxy groups -OCH3 is 2. The molecule has 298 valence electrons. The summed E-state index contributed by atoms with van der Waals surface area (Å²) in [6.45, 7) is 5.89. The summed E-state index contributed by atoms with van der Waals surface area (Å²) in [5.41, 5.74) is 1.50. The molecule has 2 aromatic carbocycles. The lowest BCUT2D eigenvalue weighted by Gasteiger charge is -2.32. The highest BCUT2D eigenvalue weighted by Crippen LogP contribution is 2.29. The molecule has 0 aliphatic carbocycles. The van der Waals surface area contributed by atoms with Gasteiger partial charge in [-0.25, -0.2) is 9.86 Å². The average Bonchev–Trinajstić information content (AvgIpc) is 3.71. The molecule has 3 atom stereocenters. The van der Waals surface area contributed by atoms with Gasteiger partial charge in [0.15, 0.2) is 5.76 Å². The average molecular weight is 765 g/mol. The Hall–Kier alpha value is -5.70. The lowest BCUT2D eigenvalue weighted by molar-refractivity contribution is -0.200. The number of hydroxylamine groups is 2. The van der Waals surface area contributed by atoms with E-state index in [1.807, 2.05) is 37.3 Å². The fraction of sp³-hybridized carbons (Fsp3) is 0.450. The summed E-state index contributed by atoms with van der Waals surface area (Å²) in [7, 11) is 2.40. The molecule has 0 spiro atoms. The minimum atomic E-state index is -1.10. The van der Waals surface area contributed by atoms with Gasteiger partial charge in [0.25, 0.3) is 11.8 Å². The van der Waals surface area contributed by atoms with Crippen molar-refractivity contribution >= 4 is 36.1 Å². The quantitative estimate of drug-likeness (QED) is 0.0368. The van der Waals surface area contributed by atoms with Crippen LogP contribution in [0.1, 0.15) is 92.2 Å². The summed E-state index contributed by atoms with van der Waals surface area (Å²) < 4.78 is 21.0. The van der Waals surface area contributed by atoms with Crippen LogP contribution in [0.25, 0.3) is 11.3 Å². The molecule has 3 aromatic rings. The molecular formula is C40H52N4O11. The largest absolute Gasteiger partial charge is 0.493 e. The predicted molar refractivity (Wildman–Crippen MR) is 201 cm³/mol. The van der Waals surface area contributed by atoms with Crippen molar-refractivity contribution in [1.29, 1.82) is 0 Å². The zero-order valence-electron chi connectivity index (χ0n) is 32.1. The van der Waals surface area contributed by atoms with E-state index in [4.69, 9.17) is 18.7 Å². The highest BCUT2D eigenvalue weighted by atomic mass is 16.7. The van der Waals surface area contributed by atoms with Crippen molar-refractivity contribution in [3.8, 4) is 17.1 Å². The number of nitrogens with one attached hydrogen (secondary N) is 3. The van der Waals surface area contributed by atoms with Gasteiger partial charge in [-0.2, -0.15) is 0 Å². The highest BCUT2D eigenvalue weighted by Gasteiger charge is 2.32. The van der Waals surface area contributed by atoms with Crippen molar-refractivity contribution in [1.82, 2.24) is 21.0 Å². The van der Waals surface area contributed by atoms with Gasteiger partial charge >= 0.3 is 11.9 Å². The number of rotatable bonds is 24. The first kappa shape index (κ1) is 43.7. The number of nitrogens with zero attached hydrogens (tertiary/aromatic N) is 1. The van der Waals surface area contributed by atoms with Crippen LogP contribution >= 0.6 is 0 Å². The van der Waals surface area contributed by atoms with Gasteiger partial charge in [-0.15, -0.1) is 0 Å². The molecule has 1 aromatic heterocycles. The Morgan fingerprint density at radius 2 is 1.64 bits per heavy atom. The minimum absolute atomic E-state index is 0.0251. The molecule has 1 heterocycles. The lowest BCUT2D eigenvalue weighted by Crippen LogP contribution is -2.48. The second-order valence-electron chi connectivity index (χ2n) is 12.5. The first-order chi connectivity index (χ1) is 26.6. The molecule has 0 saturated carbocycles. The van der Waals surface area contributed by atoms with E-state index in [9.17, 15) is 28.8 Å². The number of amides is 4. The second-order valence-corrected chi connectivity index (χ2v) is 12.5. The normalized spacial score (nSPS) is 12.4. The summed E-state index contributed by atoms with van der Waals surface area (Å²) in [4.78, 5) is 81.7. The Morgan fingerprint density at radius 3 is 2.29 bits per heavy atom.